The number of hydrogen-bond acceptors (Lipinski definition) is 4. The van der Waals surface area contributed by atoms with Gasteiger partial charge in [-0.05, 0) is 18.8 Å². The highest BCUT2D eigenvalue weighted by molar-refractivity contribution is 5.06. The Bertz CT molecular complexity index is 398. The summed E-state index contributed by atoms with van der Waals surface area (Å²) in [5.41, 5.74) is 5.91. The van der Waals surface area contributed by atoms with E-state index in [1.165, 1.54) is 6.07 Å². The molecule has 3 N–H and O–H groups in total. The Morgan fingerprint density at radius 3 is 3.00 bits per heavy atom. The number of nitrogens with zero attached hydrogens (tertiary/aromatic N) is 1. The van der Waals surface area contributed by atoms with Gasteiger partial charge in [0.25, 0.3) is 5.56 Å². The van der Waals surface area contributed by atoms with Crippen LogP contribution in [0, 0.1) is 5.92 Å². The van der Waals surface area contributed by atoms with E-state index >= 15 is 0 Å². The number of ether oxygens (including phenoxy) is 1. The molecule has 1 aromatic heterocycles. The van der Waals surface area contributed by atoms with Crippen molar-refractivity contribution in [1.29, 1.82) is 0 Å². The Labute approximate surface area is 87.7 Å². The van der Waals surface area contributed by atoms with E-state index in [1.54, 1.807) is 7.11 Å². The lowest BCUT2D eigenvalue weighted by Crippen LogP contribution is -2.19. The molecule has 1 aliphatic carbocycles. The summed E-state index contributed by atoms with van der Waals surface area (Å²) in [6.45, 7) is 0.276. The van der Waals surface area contributed by atoms with Gasteiger partial charge in [0.2, 0.25) is 0 Å². The number of methoxy groups -OCH3 is 1. The minimum Gasteiger partial charge on any atom is -0.373 e. The number of aromatic amines is 1. The largest absolute Gasteiger partial charge is 0.373 e. The molecule has 5 nitrogen and oxygen atoms in total. The normalized spacial score (nSPS) is 17.7. The van der Waals surface area contributed by atoms with Crippen LogP contribution in [0.15, 0.2) is 10.9 Å². The molecule has 1 aromatic rings. The van der Waals surface area contributed by atoms with Gasteiger partial charge in [-0.2, -0.15) is 0 Å². The van der Waals surface area contributed by atoms with Crippen LogP contribution in [-0.4, -0.2) is 17.1 Å². The second kappa shape index (κ2) is 4.12. The lowest BCUT2D eigenvalue weighted by Gasteiger charge is -2.13. The fourth-order valence-electron chi connectivity index (χ4n) is 1.69. The van der Waals surface area contributed by atoms with Gasteiger partial charge in [-0.1, -0.05) is 0 Å². The molecule has 1 unspecified atom stereocenters. The smallest absolute Gasteiger partial charge is 0.251 e. The first-order chi connectivity index (χ1) is 7.24. The van der Waals surface area contributed by atoms with Gasteiger partial charge < -0.3 is 15.5 Å². The van der Waals surface area contributed by atoms with Crippen LogP contribution < -0.4 is 11.3 Å². The van der Waals surface area contributed by atoms with Crippen molar-refractivity contribution in [2.24, 2.45) is 11.7 Å². The van der Waals surface area contributed by atoms with Crippen LogP contribution in [-0.2, 0) is 11.3 Å². The minimum absolute atomic E-state index is 0.0933. The summed E-state index contributed by atoms with van der Waals surface area (Å²) in [5.74, 6) is 1.10. The number of rotatable bonds is 4. The molecule has 82 valence electrons. The Hall–Kier alpha value is -1.20. The maximum atomic E-state index is 11.3. The van der Waals surface area contributed by atoms with Gasteiger partial charge in [0.15, 0.2) is 0 Å². The average Bonchev–Trinajstić information content (AvgIpc) is 3.02. The first-order valence-corrected chi connectivity index (χ1v) is 5.07. The van der Waals surface area contributed by atoms with Crippen LogP contribution in [0.3, 0.4) is 0 Å². The molecule has 1 fully saturated rings. The van der Waals surface area contributed by atoms with Crippen molar-refractivity contribution in [2.45, 2.75) is 25.5 Å². The Balaban J connectivity index is 2.32. The van der Waals surface area contributed by atoms with E-state index in [-0.39, 0.29) is 18.2 Å². The van der Waals surface area contributed by atoms with Crippen molar-refractivity contribution in [2.75, 3.05) is 7.11 Å². The summed E-state index contributed by atoms with van der Waals surface area (Å²) < 4.78 is 5.34. The van der Waals surface area contributed by atoms with E-state index in [2.05, 4.69) is 9.97 Å². The number of aromatic nitrogens is 2. The van der Waals surface area contributed by atoms with Crippen LogP contribution in [0.2, 0.25) is 0 Å². The molecule has 1 atom stereocenters. The highest BCUT2D eigenvalue weighted by atomic mass is 16.5. The number of nitrogens with one attached hydrogen (secondary N) is 1. The molecule has 0 spiro atoms. The summed E-state index contributed by atoms with van der Waals surface area (Å²) in [6.07, 6.45) is 2.17. The van der Waals surface area contributed by atoms with Crippen molar-refractivity contribution >= 4 is 0 Å². The average molecular weight is 209 g/mol. The maximum absolute atomic E-state index is 11.3. The van der Waals surface area contributed by atoms with Crippen molar-refractivity contribution in [1.82, 2.24) is 9.97 Å². The first kappa shape index (κ1) is 10.3. The van der Waals surface area contributed by atoms with E-state index < -0.39 is 0 Å². The summed E-state index contributed by atoms with van der Waals surface area (Å²) in [4.78, 5) is 18.3. The minimum atomic E-state index is -0.164. The molecule has 0 radical (unpaired) electrons. The van der Waals surface area contributed by atoms with Crippen LogP contribution >= 0.6 is 0 Å². The van der Waals surface area contributed by atoms with Crippen LogP contribution in [0.25, 0.3) is 0 Å². The molecule has 1 aliphatic rings. The van der Waals surface area contributed by atoms with Gasteiger partial charge in [-0.25, -0.2) is 4.98 Å². The summed E-state index contributed by atoms with van der Waals surface area (Å²) >= 11 is 0. The topological polar surface area (TPSA) is 81.0 Å². The molecule has 1 saturated carbocycles. The molecular formula is C10H15N3O2. The van der Waals surface area contributed by atoms with Crippen molar-refractivity contribution in [3.63, 3.8) is 0 Å². The molecule has 0 aliphatic heterocycles. The molecule has 1 heterocycles. The molecule has 2 rings (SSSR count). The summed E-state index contributed by atoms with van der Waals surface area (Å²) in [6, 6.07) is 1.42. The van der Waals surface area contributed by atoms with E-state index in [0.29, 0.717) is 17.4 Å². The van der Waals surface area contributed by atoms with E-state index in [9.17, 15) is 4.79 Å². The quantitative estimate of drug-likeness (QED) is 0.748. The van der Waals surface area contributed by atoms with Crippen molar-refractivity contribution < 1.29 is 4.74 Å². The molecule has 15 heavy (non-hydrogen) atoms. The molecule has 0 aromatic carbocycles. The van der Waals surface area contributed by atoms with Crippen LogP contribution in [0.4, 0.5) is 0 Å². The zero-order chi connectivity index (χ0) is 10.8. The zero-order valence-corrected chi connectivity index (χ0v) is 8.69. The SMILES string of the molecule is COC(c1nc(CN)cc(=O)[nH]1)C1CC1. The third kappa shape index (κ3) is 2.24. The number of H-pyrrole nitrogens is 1. The molecule has 0 saturated heterocycles. The lowest BCUT2D eigenvalue weighted by atomic mass is 10.2. The van der Waals surface area contributed by atoms with Crippen molar-refractivity contribution in [3.05, 3.63) is 27.9 Å². The van der Waals surface area contributed by atoms with Crippen LogP contribution in [0.5, 0.6) is 0 Å². The van der Waals surface area contributed by atoms with Crippen molar-refractivity contribution in [3.8, 4) is 0 Å². The zero-order valence-electron chi connectivity index (χ0n) is 8.69. The highest BCUT2D eigenvalue weighted by Gasteiger charge is 2.34. The second-order valence-corrected chi connectivity index (χ2v) is 3.82. The standard InChI is InChI=1S/C10H15N3O2/c1-15-9(6-2-3-6)10-12-7(5-11)4-8(14)13-10/h4,6,9H,2-3,5,11H2,1H3,(H,12,13,14). The number of nitrogens with two attached hydrogens (primary N) is 1. The monoisotopic (exact) mass is 209 g/mol. The van der Waals surface area contributed by atoms with E-state index in [4.69, 9.17) is 10.5 Å². The van der Waals surface area contributed by atoms with Gasteiger partial charge in [-0.3, -0.25) is 4.79 Å². The number of hydrogen-bond donors (Lipinski definition) is 2. The fourth-order valence-corrected chi connectivity index (χ4v) is 1.69. The molecular weight excluding hydrogens is 194 g/mol. The summed E-state index contributed by atoms with van der Waals surface area (Å²) in [5, 5.41) is 0. The first-order valence-electron chi connectivity index (χ1n) is 5.07. The fraction of sp³-hybridized carbons (Fsp3) is 0.600. The lowest BCUT2D eigenvalue weighted by molar-refractivity contribution is 0.0768. The van der Waals surface area contributed by atoms with Gasteiger partial charge in [0, 0.05) is 19.7 Å². The predicted octanol–water partition coefficient (Wildman–Crippen LogP) is 0.326. The Kier molecular flexibility index (Phi) is 2.83. The molecule has 0 amide bonds. The Morgan fingerprint density at radius 2 is 2.47 bits per heavy atom. The molecule has 5 heteroatoms. The molecule has 0 bridgehead atoms. The van der Waals surface area contributed by atoms with Gasteiger partial charge >= 0.3 is 0 Å². The third-order valence-electron chi connectivity index (χ3n) is 2.60. The second-order valence-electron chi connectivity index (χ2n) is 3.82. The highest BCUT2D eigenvalue weighted by Crippen LogP contribution is 2.41. The van der Waals surface area contributed by atoms with Gasteiger partial charge in [0.05, 0.1) is 5.69 Å². The van der Waals surface area contributed by atoms with E-state index in [0.717, 1.165) is 12.8 Å². The van der Waals surface area contributed by atoms with Crippen LogP contribution in [0.1, 0.15) is 30.5 Å². The van der Waals surface area contributed by atoms with Gasteiger partial charge in [0.1, 0.15) is 11.9 Å². The predicted molar refractivity (Wildman–Crippen MR) is 55.2 cm³/mol. The van der Waals surface area contributed by atoms with E-state index in [1.807, 2.05) is 0 Å². The maximum Gasteiger partial charge on any atom is 0.251 e. The third-order valence-corrected chi connectivity index (χ3v) is 2.60. The Morgan fingerprint density at radius 1 is 1.73 bits per heavy atom. The summed E-state index contributed by atoms with van der Waals surface area (Å²) in [7, 11) is 1.64. The van der Waals surface area contributed by atoms with Gasteiger partial charge in [-0.15, -0.1) is 0 Å².